The van der Waals surface area contributed by atoms with E-state index in [1.807, 2.05) is 51.1 Å². The van der Waals surface area contributed by atoms with E-state index in [1.165, 1.54) is 0 Å². The quantitative estimate of drug-likeness (QED) is 0.701. The largest absolute Gasteiger partial charge is 0.465 e. The summed E-state index contributed by atoms with van der Waals surface area (Å²) < 4.78 is 10.5. The van der Waals surface area contributed by atoms with Crippen molar-refractivity contribution in [3.63, 3.8) is 0 Å². The van der Waals surface area contributed by atoms with Crippen molar-refractivity contribution in [3.8, 4) is 0 Å². The molecule has 2 amide bonds. The van der Waals surface area contributed by atoms with E-state index in [9.17, 15) is 14.4 Å². The molecule has 0 atom stereocenters. The first-order valence-corrected chi connectivity index (χ1v) is 10.4. The highest BCUT2D eigenvalue weighted by Gasteiger charge is 2.54. The molecule has 30 heavy (non-hydrogen) atoms. The van der Waals surface area contributed by atoms with Crippen LogP contribution in [-0.4, -0.2) is 71.8 Å². The van der Waals surface area contributed by atoms with Gasteiger partial charge in [-0.25, -0.2) is 4.79 Å². The SMILES string of the molecule is CCOC(=O)CN1CN(c2ccccc2)C2(CCN(C(=O)OC(C)(C)C)CC2)C1=O. The lowest BCUT2D eigenvalue weighted by Gasteiger charge is -2.43. The molecule has 2 aliphatic rings. The van der Waals surface area contributed by atoms with E-state index in [2.05, 4.69) is 4.90 Å². The second-order valence-corrected chi connectivity index (χ2v) is 8.71. The molecule has 0 aliphatic carbocycles. The van der Waals surface area contributed by atoms with Crippen molar-refractivity contribution in [2.75, 3.05) is 37.8 Å². The zero-order valence-electron chi connectivity index (χ0n) is 18.2. The molecule has 0 radical (unpaired) electrons. The van der Waals surface area contributed by atoms with Gasteiger partial charge in [-0.1, -0.05) is 18.2 Å². The Labute approximate surface area is 177 Å². The van der Waals surface area contributed by atoms with Crippen LogP contribution >= 0.6 is 0 Å². The van der Waals surface area contributed by atoms with Crippen LogP contribution in [0.15, 0.2) is 30.3 Å². The van der Waals surface area contributed by atoms with Crippen molar-refractivity contribution in [1.29, 1.82) is 0 Å². The third-order valence-electron chi connectivity index (χ3n) is 5.45. The standard InChI is InChI=1S/C22H31N3O5/c1-5-29-18(26)15-24-16-25(17-9-7-6-8-10-17)22(19(24)27)11-13-23(14-12-22)20(28)30-21(2,3)4/h6-10H,5,11-16H2,1-4H3. The summed E-state index contributed by atoms with van der Waals surface area (Å²) in [7, 11) is 0. The minimum atomic E-state index is -0.785. The predicted octanol–water partition coefficient (Wildman–Crippen LogP) is 2.63. The van der Waals surface area contributed by atoms with Gasteiger partial charge in [0, 0.05) is 18.8 Å². The van der Waals surface area contributed by atoms with E-state index in [0.29, 0.717) is 32.6 Å². The van der Waals surface area contributed by atoms with Gasteiger partial charge in [0.1, 0.15) is 17.7 Å². The van der Waals surface area contributed by atoms with E-state index < -0.39 is 17.1 Å². The van der Waals surface area contributed by atoms with E-state index >= 15 is 0 Å². The summed E-state index contributed by atoms with van der Waals surface area (Å²) in [5.74, 6) is -0.509. The summed E-state index contributed by atoms with van der Waals surface area (Å²) in [5.41, 5.74) is -0.434. The zero-order chi connectivity index (χ0) is 21.9. The lowest BCUT2D eigenvalue weighted by molar-refractivity contribution is -0.148. The Hall–Kier alpha value is -2.77. The van der Waals surface area contributed by atoms with Crippen molar-refractivity contribution >= 4 is 23.7 Å². The molecule has 0 aromatic heterocycles. The first-order valence-electron chi connectivity index (χ1n) is 10.4. The van der Waals surface area contributed by atoms with Crippen LogP contribution in [0.5, 0.6) is 0 Å². The number of piperidine rings is 1. The Morgan fingerprint density at radius 1 is 1.10 bits per heavy atom. The lowest BCUT2D eigenvalue weighted by atomic mass is 9.85. The van der Waals surface area contributed by atoms with Crippen LogP contribution in [0.25, 0.3) is 0 Å². The number of likely N-dealkylation sites (tertiary alicyclic amines) is 1. The molecule has 0 bridgehead atoms. The first kappa shape index (κ1) is 21.9. The van der Waals surface area contributed by atoms with Crippen LogP contribution in [0, 0.1) is 0 Å². The highest BCUT2D eigenvalue weighted by molar-refractivity contribution is 5.95. The van der Waals surface area contributed by atoms with Crippen LogP contribution in [0.4, 0.5) is 10.5 Å². The van der Waals surface area contributed by atoms with Crippen LogP contribution in [0.3, 0.4) is 0 Å². The van der Waals surface area contributed by atoms with E-state index in [-0.39, 0.29) is 25.2 Å². The van der Waals surface area contributed by atoms with Crippen molar-refractivity contribution in [2.45, 2.75) is 51.7 Å². The van der Waals surface area contributed by atoms with Gasteiger partial charge in [0.25, 0.3) is 5.91 Å². The Morgan fingerprint density at radius 3 is 2.30 bits per heavy atom. The molecule has 2 aliphatic heterocycles. The number of para-hydroxylation sites is 1. The third kappa shape index (κ3) is 4.52. The van der Waals surface area contributed by atoms with Gasteiger partial charge in [0.05, 0.1) is 13.3 Å². The Kier molecular flexibility index (Phi) is 6.24. The number of benzene rings is 1. The first-order chi connectivity index (χ1) is 14.2. The minimum Gasteiger partial charge on any atom is -0.465 e. The average molecular weight is 418 g/mol. The molecule has 1 spiro atoms. The summed E-state index contributed by atoms with van der Waals surface area (Å²) in [6, 6.07) is 9.70. The van der Waals surface area contributed by atoms with Gasteiger partial charge in [-0.3, -0.25) is 9.59 Å². The summed E-state index contributed by atoms with van der Waals surface area (Å²) in [6.07, 6.45) is 0.580. The van der Waals surface area contributed by atoms with E-state index in [1.54, 1.807) is 16.7 Å². The van der Waals surface area contributed by atoms with Gasteiger partial charge in [-0.2, -0.15) is 0 Å². The third-order valence-corrected chi connectivity index (χ3v) is 5.45. The van der Waals surface area contributed by atoms with E-state index in [0.717, 1.165) is 5.69 Å². The molecule has 8 heteroatoms. The van der Waals surface area contributed by atoms with Crippen LogP contribution in [0.2, 0.25) is 0 Å². The second-order valence-electron chi connectivity index (χ2n) is 8.71. The summed E-state index contributed by atoms with van der Waals surface area (Å²) in [4.78, 5) is 43.2. The van der Waals surface area contributed by atoms with E-state index in [4.69, 9.17) is 9.47 Å². The maximum absolute atomic E-state index is 13.5. The van der Waals surface area contributed by atoms with Crippen molar-refractivity contribution in [3.05, 3.63) is 30.3 Å². The molecule has 2 saturated heterocycles. The second kappa shape index (κ2) is 8.53. The van der Waals surface area contributed by atoms with Crippen LogP contribution < -0.4 is 4.90 Å². The number of amides is 2. The molecule has 1 aromatic carbocycles. The van der Waals surface area contributed by atoms with Gasteiger partial charge < -0.3 is 24.2 Å². The summed E-state index contributed by atoms with van der Waals surface area (Å²) in [5, 5.41) is 0. The Balaban J connectivity index is 1.80. The molecular weight excluding hydrogens is 386 g/mol. The number of rotatable bonds is 4. The zero-order valence-corrected chi connectivity index (χ0v) is 18.2. The minimum absolute atomic E-state index is 0.0759. The van der Waals surface area contributed by atoms with Gasteiger partial charge in [0.15, 0.2) is 0 Å². The van der Waals surface area contributed by atoms with Crippen LogP contribution in [-0.2, 0) is 19.1 Å². The molecule has 2 heterocycles. The Morgan fingerprint density at radius 2 is 1.73 bits per heavy atom. The van der Waals surface area contributed by atoms with Gasteiger partial charge in [-0.15, -0.1) is 0 Å². The number of nitrogens with zero attached hydrogens (tertiary/aromatic N) is 3. The van der Waals surface area contributed by atoms with Gasteiger partial charge in [0.2, 0.25) is 0 Å². The molecule has 0 N–H and O–H groups in total. The maximum Gasteiger partial charge on any atom is 0.410 e. The van der Waals surface area contributed by atoms with Crippen LogP contribution in [0.1, 0.15) is 40.5 Å². The fourth-order valence-electron chi connectivity index (χ4n) is 4.07. The summed E-state index contributed by atoms with van der Waals surface area (Å²) in [6.45, 7) is 8.59. The molecule has 0 unspecified atom stereocenters. The number of hydrogen-bond acceptors (Lipinski definition) is 6. The normalized spacial score (nSPS) is 18.7. The topological polar surface area (TPSA) is 79.4 Å². The number of anilines is 1. The van der Waals surface area contributed by atoms with Crippen molar-refractivity contribution < 1.29 is 23.9 Å². The fourth-order valence-corrected chi connectivity index (χ4v) is 4.07. The highest BCUT2D eigenvalue weighted by atomic mass is 16.6. The molecule has 8 nitrogen and oxygen atoms in total. The number of ether oxygens (including phenoxy) is 2. The number of carbonyl (C=O) groups is 3. The molecule has 164 valence electrons. The summed E-state index contributed by atoms with van der Waals surface area (Å²) >= 11 is 0. The fraction of sp³-hybridized carbons (Fsp3) is 0.591. The average Bonchev–Trinajstić information content (AvgIpc) is 2.94. The lowest BCUT2D eigenvalue weighted by Crippen LogP contribution is -2.57. The Bertz CT molecular complexity index is 782. The van der Waals surface area contributed by atoms with Crippen molar-refractivity contribution in [2.24, 2.45) is 0 Å². The smallest absolute Gasteiger partial charge is 0.410 e. The molecular formula is C22H31N3O5. The number of esters is 1. The van der Waals surface area contributed by atoms with Crippen molar-refractivity contribution in [1.82, 2.24) is 9.80 Å². The highest BCUT2D eigenvalue weighted by Crippen LogP contribution is 2.39. The molecule has 0 saturated carbocycles. The molecule has 3 rings (SSSR count). The molecule has 1 aromatic rings. The number of carbonyl (C=O) groups excluding carboxylic acids is 3. The number of hydrogen-bond donors (Lipinski definition) is 0. The van der Waals surface area contributed by atoms with Gasteiger partial charge >= 0.3 is 12.1 Å². The molecule has 2 fully saturated rings. The monoisotopic (exact) mass is 417 g/mol. The predicted molar refractivity (Wildman–Crippen MR) is 112 cm³/mol. The maximum atomic E-state index is 13.5. The van der Waals surface area contributed by atoms with Gasteiger partial charge in [-0.05, 0) is 52.7 Å².